The van der Waals surface area contributed by atoms with Crippen molar-refractivity contribution in [1.29, 1.82) is 0 Å². The molecule has 0 radical (unpaired) electrons. The van der Waals surface area contributed by atoms with Gasteiger partial charge in [-0.25, -0.2) is 0 Å². The largest absolute Gasteiger partial charge is 0.490 e. The van der Waals surface area contributed by atoms with Gasteiger partial charge in [0.15, 0.2) is 0 Å². The molecule has 210 valence electrons. The van der Waals surface area contributed by atoms with E-state index in [4.69, 9.17) is 9.47 Å². The van der Waals surface area contributed by atoms with Crippen molar-refractivity contribution in [3.63, 3.8) is 0 Å². The summed E-state index contributed by atoms with van der Waals surface area (Å²) >= 11 is 0. The SMILES string of the molecule is CNC[C@@H]1OCCCC[C@@H](C)Oc2ccc(NC(=O)CCC(F)(F)F)cc2C(=O)N([C@H](C)CO)C[C@H]1C. The van der Waals surface area contributed by atoms with Crippen molar-refractivity contribution in [2.45, 2.75) is 77.3 Å². The number of anilines is 1. The van der Waals surface area contributed by atoms with Gasteiger partial charge in [0.2, 0.25) is 5.91 Å². The molecular formula is C26H40F3N3O5. The number of aliphatic hydroxyl groups is 1. The van der Waals surface area contributed by atoms with Crippen molar-refractivity contribution in [2.24, 2.45) is 5.92 Å². The predicted molar refractivity (Wildman–Crippen MR) is 135 cm³/mol. The number of carbonyl (C=O) groups excluding carboxylic acids is 2. The fraction of sp³-hybridized carbons (Fsp3) is 0.692. The van der Waals surface area contributed by atoms with Crippen LogP contribution in [0.25, 0.3) is 0 Å². The molecule has 1 aliphatic heterocycles. The zero-order valence-corrected chi connectivity index (χ0v) is 22.1. The second-order valence-electron chi connectivity index (χ2n) is 9.73. The maximum atomic E-state index is 13.8. The van der Waals surface area contributed by atoms with E-state index in [0.29, 0.717) is 25.4 Å². The molecule has 0 aromatic heterocycles. The zero-order chi connectivity index (χ0) is 27.6. The highest BCUT2D eigenvalue weighted by atomic mass is 19.4. The Balaban J connectivity index is 2.42. The molecule has 4 atom stereocenters. The van der Waals surface area contributed by atoms with Gasteiger partial charge in [0, 0.05) is 37.7 Å². The number of benzene rings is 1. The van der Waals surface area contributed by atoms with Crippen LogP contribution in [0.1, 0.15) is 63.2 Å². The maximum Gasteiger partial charge on any atom is 0.389 e. The molecule has 1 aromatic carbocycles. The van der Waals surface area contributed by atoms with Gasteiger partial charge in [-0.3, -0.25) is 9.59 Å². The lowest BCUT2D eigenvalue weighted by Crippen LogP contribution is -2.47. The first-order valence-electron chi connectivity index (χ1n) is 12.8. The number of aliphatic hydroxyl groups excluding tert-OH is 1. The number of rotatable bonds is 7. The summed E-state index contributed by atoms with van der Waals surface area (Å²) in [5, 5.41) is 15.5. The Morgan fingerprint density at radius 1 is 1.27 bits per heavy atom. The van der Waals surface area contributed by atoms with Crippen LogP contribution in [0.5, 0.6) is 5.75 Å². The molecule has 2 amide bonds. The predicted octanol–water partition coefficient (Wildman–Crippen LogP) is 3.98. The van der Waals surface area contributed by atoms with Gasteiger partial charge in [-0.05, 0) is 58.4 Å². The third kappa shape index (κ3) is 10.1. The zero-order valence-electron chi connectivity index (χ0n) is 22.1. The first kappa shape index (κ1) is 30.9. The van der Waals surface area contributed by atoms with Crippen LogP contribution in [0, 0.1) is 5.92 Å². The van der Waals surface area contributed by atoms with E-state index in [2.05, 4.69) is 10.6 Å². The molecule has 0 unspecified atom stereocenters. The van der Waals surface area contributed by atoms with E-state index < -0.39 is 36.9 Å². The number of nitrogens with one attached hydrogen (secondary N) is 2. The molecule has 0 bridgehead atoms. The smallest absolute Gasteiger partial charge is 0.389 e. The number of likely N-dealkylation sites (N-methyl/N-ethyl adjacent to an activating group) is 1. The van der Waals surface area contributed by atoms with E-state index in [-0.39, 0.29) is 36.0 Å². The number of hydrogen-bond acceptors (Lipinski definition) is 6. The second-order valence-corrected chi connectivity index (χ2v) is 9.73. The van der Waals surface area contributed by atoms with Gasteiger partial charge in [-0.1, -0.05) is 6.92 Å². The number of amides is 2. The Bertz CT molecular complexity index is 884. The molecule has 8 nitrogen and oxygen atoms in total. The number of halogens is 3. The summed E-state index contributed by atoms with van der Waals surface area (Å²) < 4.78 is 49.8. The summed E-state index contributed by atoms with van der Waals surface area (Å²) in [7, 11) is 1.83. The monoisotopic (exact) mass is 531 g/mol. The highest BCUT2D eigenvalue weighted by molar-refractivity contribution is 5.99. The van der Waals surface area contributed by atoms with Crippen molar-refractivity contribution in [3.8, 4) is 5.75 Å². The van der Waals surface area contributed by atoms with Crippen LogP contribution in [0.2, 0.25) is 0 Å². The van der Waals surface area contributed by atoms with Crippen LogP contribution in [0.15, 0.2) is 18.2 Å². The molecule has 1 aromatic rings. The number of ether oxygens (including phenoxy) is 2. The molecule has 37 heavy (non-hydrogen) atoms. The molecular weight excluding hydrogens is 491 g/mol. The van der Waals surface area contributed by atoms with Gasteiger partial charge in [-0.2, -0.15) is 13.2 Å². The van der Waals surface area contributed by atoms with Gasteiger partial charge in [0.05, 0.1) is 36.8 Å². The molecule has 0 spiro atoms. The number of carbonyl (C=O) groups is 2. The standard InChI is InChI=1S/C26H40F3N3O5/c1-17-15-32(18(2)16-33)25(35)21-13-20(31-24(34)10-11-26(27,28)29)8-9-22(21)37-19(3)7-5-6-12-36-23(17)14-30-4/h8-9,13,17-19,23,30,33H,5-7,10-12,14-16H2,1-4H3,(H,31,34)/t17-,18-,19-,23+/m1/s1. The highest BCUT2D eigenvalue weighted by Crippen LogP contribution is 2.29. The van der Waals surface area contributed by atoms with E-state index >= 15 is 0 Å². The summed E-state index contributed by atoms with van der Waals surface area (Å²) in [5.74, 6) is -0.973. The van der Waals surface area contributed by atoms with Crippen molar-refractivity contribution < 1.29 is 37.3 Å². The molecule has 2 rings (SSSR count). The first-order chi connectivity index (χ1) is 17.4. The van der Waals surface area contributed by atoms with Gasteiger partial charge in [0.1, 0.15) is 5.75 Å². The van der Waals surface area contributed by atoms with Crippen LogP contribution >= 0.6 is 0 Å². The molecule has 3 N–H and O–H groups in total. The van der Waals surface area contributed by atoms with E-state index in [1.54, 1.807) is 17.9 Å². The van der Waals surface area contributed by atoms with Crippen molar-refractivity contribution in [3.05, 3.63) is 23.8 Å². The van der Waals surface area contributed by atoms with Crippen LogP contribution in [-0.2, 0) is 9.53 Å². The maximum absolute atomic E-state index is 13.8. The Labute approximate surface area is 216 Å². The van der Waals surface area contributed by atoms with Crippen LogP contribution in [-0.4, -0.2) is 79.6 Å². The highest BCUT2D eigenvalue weighted by Gasteiger charge is 2.30. The van der Waals surface area contributed by atoms with Crippen LogP contribution in [0.4, 0.5) is 18.9 Å². The normalized spacial score (nSPS) is 23.0. The van der Waals surface area contributed by atoms with Crippen molar-refractivity contribution >= 4 is 17.5 Å². The van der Waals surface area contributed by atoms with E-state index in [0.717, 1.165) is 19.3 Å². The minimum absolute atomic E-state index is 0.0677. The summed E-state index contributed by atoms with van der Waals surface area (Å²) in [6.45, 7) is 6.82. The summed E-state index contributed by atoms with van der Waals surface area (Å²) in [6.07, 6.45) is -4.31. The Hall–Kier alpha value is -2.37. The summed E-state index contributed by atoms with van der Waals surface area (Å²) in [5.41, 5.74) is 0.355. The number of alkyl halides is 3. The Morgan fingerprint density at radius 3 is 2.65 bits per heavy atom. The first-order valence-corrected chi connectivity index (χ1v) is 12.8. The molecule has 0 saturated carbocycles. The topological polar surface area (TPSA) is 100 Å². The average Bonchev–Trinajstić information content (AvgIpc) is 2.84. The fourth-order valence-corrected chi connectivity index (χ4v) is 4.17. The van der Waals surface area contributed by atoms with Crippen LogP contribution in [0.3, 0.4) is 0 Å². The molecule has 1 aliphatic rings. The molecule has 0 aliphatic carbocycles. The number of nitrogens with zero attached hydrogens (tertiary/aromatic N) is 1. The Kier molecular flexibility index (Phi) is 12.1. The van der Waals surface area contributed by atoms with Gasteiger partial charge < -0.3 is 30.1 Å². The van der Waals surface area contributed by atoms with E-state index in [1.165, 1.54) is 12.1 Å². The van der Waals surface area contributed by atoms with Crippen LogP contribution < -0.4 is 15.4 Å². The average molecular weight is 532 g/mol. The van der Waals surface area contributed by atoms with Crippen molar-refractivity contribution in [1.82, 2.24) is 10.2 Å². The minimum Gasteiger partial charge on any atom is -0.490 e. The van der Waals surface area contributed by atoms with Gasteiger partial charge in [-0.15, -0.1) is 0 Å². The number of fused-ring (bicyclic) bond motifs is 1. The lowest BCUT2D eigenvalue weighted by molar-refractivity contribution is -0.142. The second kappa shape index (κ2) is 14.5. The quantitative estimate of drug-likeness (QED) is 0.492. The molecule has 1 heterocycles. The third-order valence-corrected chi connectivity index (χ3v) is 6.38. The summed E-state index contributed by atoms with van der Waals surface area (Å²) in [6, 6.07) is 3.96. The summed E-state index contributed by atoms with van der Waals surface area (Å²) in [4.78, 5) is 27.5. The minimum atomic E-state index is -4.44. The lowest BCUT2D eigenvalue weighted by Gasteiger charge is -2.34. The van der Waals surface area contributed by atoms with E-state index in [9.17, 15) is 27.9 Å². The Morgan fingerprint density at radius 2 is 2.00 bits per heavy atom. The fourth-order valence-electron chi connectivity index (χ4n) is 4.17. The van der Waals surface area contributed by atoms with E-state index in [1.807, 2.05) is 20.9 Å². The van der Waals surface area contributed by atoms with Crippen molar-refractivity contribution in [2.75, 3.05) is 38.7 Å². The van der Waals surface area contributed by atoms with Gasteiger partial charge >= 0.3 is 6.18 Å². The molecule has 0 fully saturated rings. The molecule has 0 saturated heterocycles. The number of hydrogen-bond donors (Lipinski definition) is 3. The van der Waals surface area contributed by atoms with Gasteiger partial charge in [0.25, 0.3) is 5.91 Å². The lowest BCUT2D eigenvalue weighted by atomic mass is 10.0. The molecule has 11 heteroatoms. The third-order valence-electron chi connectivity index (χ3n) is 6.38.